The Morgan fingerprint density at radius 3 is 1.92 bits per heavy atom. The molecule has 5 heteroatoms. The number of anilines is 1. The molecule has 0 atom stereocenters. The van der Waals surface area contributed by atoms with Gasteiger partial charge in [-0.05, 0) is 80.6 Å². The van der Waals surface area contributed by atoms with Gasteiger partial charge in [-0.3, -0.25) is 9.89 Å². The number of pyridine rings is 2. The van der Waals surface area contributed by atoms with Gasteiger partial charge in [0.05, 0.1) is 16.7 Å². The van der Waals surface area contributed by atoms with E-state index in [1.54, 1.807) is 0 Å². The molecule has 0 bridgehead atoms. The van der Waals surface area contributed by atoms with E-state index >= 15 is 0 Å². The summed E-state index contributed by atoms with van der Waals surface area (Å²) in [5, 5.41) is 9.68. The molecule has 2 aliphatic heterocycles. The average Bonchev–Trinajstić information content (AvgIpc) is 3.16. The minimum Gasteiger partial charge on any atom is -0.342 e. The first-order valence-corrected chi connectivity index (χ1v) is 17.0. The molecule has 1 saturated heterocycles. The number of rotatable bonds is 3. The van der Waals surface area contributed by atoms with Crippen LogP contribution >= 0.6 is 0 Å². The largest absolute Gasteiger partial charge is 0.342 e. The molecule has 0 spiro atoms. The predicted molar refractivity (Wildman–Crippen MR) is 201 cm³/mol. The van der Waals surface area contributed by atoms with Crippen molar-refractivity contribution >= 4 is 65.9 Å². The monoisotopic (exact) mass is 619 g/mol. The Labute approximate surface area is 278 Å². The zero-order valence-electron chi connectivity index (χ0n) is 26.6. The van der Waals surface area contributed by atoms with Crippen LogP contribution in [-0.2, 0) is 0 Å². The molecular weight excluding hydrogens is 587 g/mol. The van der Waals surface area contributed by atoms with Crippen LogP contribution in [0.15, 0.2) is 132 Å². The van der Waals surface area contributed by atoms with E-state index in [1.807, 2.05) is 0 Å². The molecule has 48 heavy (non-hydrogen) atoms. The van der Waals surface area contributed by atoms with E-state index in [-0.39, 0.29) is 0 Å². The highest BCUT2D eigenvalue weighted by atomic mass is 15.4. The average molecular weight is 620 g/mol. The third kappa shape index (κ3) is 4.27. The number of nitrogens with zero attached hydrogens (tertiary/aromatic N) is 5. The first kappa shape index (κ1) is 27.3. The lowest BCUT2D eigenvalue weighted by Gasteiger charge is -2.40. The van der Waals surface area contributed by atoms with Crippen LogP contribution in [-0.4, -0.2) is 47.0 Å². The third-order valence-electron chi connectivity index (χ3n) is 10.2. The number of aromatic nitrogens is 2. The number of guanidine groups is 1. The summed E-state index contributed by atoms with van der Waals surface area (Å²) in [6, 6.07) is 46.1. The Kier molecular flexibility index (Phi) is 6.19. The van der Waals surface area contributed by atoms with E-state index in [9.17, 15) is 0 Å². The van der Waals surface area contributed by atoms with Gasteiger partial charge in [0.1, 0.15) is 5.82 Å². The maximum absolute atomic E-state index is 5.36. The van der Waals surface area contributed by atoms with Crippen molar-refractivity contribution in [3.8, 4) is 22.4 Å². The van der Waals surface area contributed by atoms with Crippen LogP contribution in [0.2, 0.25) is 0 Å². The molecule has 0 radical (unpaired) electrons. The zero-order chi connectivity index (χ0) is 31.6. The molecule has 4 heterocycles. The van der Waals surface area contributed by atoms with Gasteiger partial charge in [0.2, 0.25) is 5.96 Å². The van der Waals surface area contributed by atoms with Crippen LogP contribution in [0.25, 0.3) is 76.5 Å². The fourth-order valence-electron chi connectivity index (χ4n) is 7.94. The van der Waals surface area contributed by atoms with Gasteiger partial charge >= 0.3 is 0 Å². The van der Waals surface area contributed by atoms with Gasteiger partial charge in [0.15, 0.2) is 0 Å². The molecule has 0 N–H and O–H groups in total. The fourth-order valence-corrected chi connectivity index (χ4v) is 7.94. The number of hydrogen-bond acceptors (Lipinski definition) is 5. The highest BCUT2D eigenvalue weighted by Gasteiger charge is 2.27. The van der Waals surface area contributed by atoms with Crippen molar-refractivity contribution in [2.24, 2.45) is 4.99 Å². The highest BCUT2D eigenvalue weighted by Crippen LogP contribution is 2.41. The smallest absolute Gasteiger partial charge is 0.202 e. The molecule has 0 amide bonds. The van der Waals surface area contributed by atoms with Gasteiger partial charge in [0, 0.05) is 42.5 Å². The lowest BCUT2D eigenvalue weighted by Crippen LogP contribution is -2.52. The summed E-state index contributed by atoms with van der Waals surface area (Å²) in [6.07, 6.45) is 2.23. The first-order valence-electron chi connectivity index (χ1n) is 17.0. The van der Waals surface area contributed by atoms with Gasteiger partial charge in [0.25, 0.3) is 0 Å². The molecule has 0 saturated carbocycles. The molecule has 2 aromatic heterocycles. The van der Waals surface area contributed by atoms with Gasteiger partial charge in [-0.25, -0.2) is 9.97 Å². The second-order valence-corrected chi connectivity index (χ2v) is 13.0. The molecule has 8 aromatic rings. The Hall–Kier alpha value is -5.81. The third-order valence-corrected chi connectivity index (χ3v) is 10.2. The molecule has 1 fully saturated rings. The Morgan fingerprint density at radius 1 is 0.458 bits per heavy atom. The molecular formula is C43H33N5. The molecule has 0 unspecified atom stereocenters. The maximum atomic E-state index is 5.36. The molecule has 0 aliphatic carbocycles. The standard InChI is InChI=1S/C43H33N5/c1-2-10-31-30(9-1)27-38(35-14-6-3-11-32(31)35)36-19-20-37(34-13-5-4-12-33(34)36)39-21-17-28-15-16-29-18-22-40(46-42(29)41(28)45-39)48-26-8-25-47-24-7-23-44-43(47)48/h1-6,9-22,27H,7-8,23-26H2. The van der Waals surface area contributed by atoms with Crippen LogP contribution in [0.4, 0.5) is 5.82 Å². The molecule has 2 aliphatic rings. The lowest BCUT2D eigenvalue weighted by atomic mass is 9.89. The van der Waals surface area contributed by atoms with E-state index in [2.05, 4.69) is 137 Å². The van der Waals surface area contributed by atoms with Crippen molar-refractivity contribution in [2.45, 2.75) is 12.8 Å². The quantitative estimate of drug-likeness (QED) is 0.185. The molecule has 6 aromatic carbocycles. The van der Waals surface area contributed by atoms with Gasteiger partial charge in [-0.2, -0.15) is 0 Å². The number of benzene rings is 6. The van der Waals surface area contributed by atoms with Crippen LogP contribution in [0.5, 0.6) is 0 Å². The summed E-state index contributed by atoms with van der Waals surface area (Å²) < 4.78 is 0. The highest BCUT2D eigenvalue weighted by molar-refractivity contribution is 6.17. The van der Waals surface area contributed by atoms with Crippen LogP contribution in [0.1, 0.15) is 12.8 Å². The maximum Gasteiger partial charge on any atom is 0.202 e. The van der Waals surface area contributed by atoms with Crippen molar-refractivity contribution in [1.29, 1.82) is 0 Å². The summed E-state index contributed by atoms with van der Waals surface area (Å²) in [5.41, 5.74) is 6.42. The van der Waals surface area contributed by atoms with Crippen LogP contribution in [0.3, 0.4) is 0 Å². The first-order chi connectivity index (χ1) is 23.8. The summed E-state index contributed by atoms with van der Waals surface area (Å²) in [4.78, 5) is 20.3. The summed E-state index contributed by atoms with van der Waals surface area (Å²) >= 11 is 0. The Morgan fingerprint density at radius 2 is 1.08 bits per heavy atom. The minimum absolute atomic E-state index is 0.883. The van der Waals surface area contributed by atoms with Crippen LogP contribution < -0.4 is 4.90 Å². The van der Waals surface area contributed by atoms with Gasteiger partial charge in [-0.15, -0.1) is 0 Å². The number of fused-ring (bicyclic) bond motifs is 8. The lowest BCUT2D eigenvalue weighted by molar-refractivity contribution is 0.359. The topological polar surface area (TPSA) is 44.6 Å². The van der Waals surface area contributed by atoms with Crippen molar-refractivity contribution in [3.05, 3.63) is 127 Å². The predicted octanol–water partition coefficient (Wildman–Crippen LogP) is 9.85. The second kappa shape index (κ2) is 10.9. The van der Waals surface area contributed by atoms with Crippen LogP contribution in [0, 0.1) is 0 Å². The van der Waals surface area contributed by atoms with E-state index in [0.717, 1.165) is 83.9 Å². The van der Waals surface area contributed by atoms with E-state index in [4.69, 9.17) is 15.0 Å². The summed E-state index contributed by atoms with van der Waals surface area (Å²) in [7, 11) is 0. The Balaban J connectivity index is 1.14. The summed E-state index contributed by atoms with van der Waals surface area (Å²) in [5.74, 6) is 2.02. The Bertz CT molecular complexity index is 2600. The molecule has 5 nitrogen and oxygen atoms in total. The summed E-state index contributed by atoms with van der Waals surface area (Å²) in [6.45, 7) is 3.96. The second-order valence-electron chi connectivity index (χ2n) is 13.0. The van der Waals surface area contributed by atoms with E-state index < -0.39 is 0 Å². The van der Waals surface area contributed by atoms with Gasteiger partial charge < -0.3 is 4.90 Å². The zero-order valence-corrected chi connectivity index (χ0v) is 26.6. The molecule has 10 rings (SSSR count). The van der Waals surface area contributed by atoms with Crippen molar-refractivity contribution in [1.82, 2.24) is 14.9 Å². The van der Waals surface area contributed by atoms with E-state index in [0.29, 0.717) is 0 Å². The minimum atomic E-state index is 0.883. The van der Waals surface area contributed by atoms with Crippen molar-refractivity contribution in [2.75, 3.05) is 31.1 Å². The van der Waals surface area contributed by atoms with Crippen molar-refractivity contribution < 1.29 is 0 Å². The fraction of sp³-hybridized carbons (Fsp3) is 0.140. The molecule has 230 valence electrons. The van der Waals surface area contributed by atoms with Crippen molar-refractivity contribution in [3.63, 3.8) is 0 Å². The SMILES string of the molecule is c1ccc2c(c1)cc(-c1ccc(-c3ccc4ccc5ccc(N6CCCN7CCCN=C76)nc5c4n3)c3ccccc13)c1ccccc12. The number of aliphatic imine (C=N–C) groups is 1. The van der Waals surface area contributed by atoms with E-state index in [1.165, 1.54) is 43.4 Å². The number of hydrogen-bond donors (Lipinski definition) is 0. The normalized spacial score (nSPS) is 15.0. The van der Waals surface area contributed by atoms with Gasteiger partial charge in [-0.1, -0.05) is 103 Å².